The summed E-state index contributed by atoms with van der Waals surface area (Å²) in [6.07, 6.45) is 0.784. The summed E-state index contributed by atoms with van der Waals surface area (Å²) < 4.78 is 16.7. The topological polar surface area (TPSA) is 51.5 Å². The van der Waals surface area contributed by atoms with Gasteiger partial charge in [0.1, 0.15) is 25.0 Å². The molecule has 0 radical (unpaired) electrons. The predicted molar refractivity (Wildman–Crippen MR) is 62.7 cm³/mol. The molecule has 0 saturated heterocycles. The van der Waals surface area contributed by atoms with E-state index in [1.54, 1.807) is 0 Å². The number of hydrogen-bond acceptors (Lipinski definition) is 4. The maximum atomic E-state index is 8.57. The molecule has 1 aliphatic rings. The van der Waals surface area contributed by atoms with Gasteiger partial charge in [-0.15, -0.1) is 0 Å². The molecule has 4 heteroatoms. The molecule has 0 aliphatic carbocycles. The van der Waals surface area contributed by atoms with E-state index in [0.29, 0.717) is 13.2 Å². The highest BCUT2D eigenvalue weighted by atomic mass is 16.6. The molecule has 0 aromatic heterocycles. The van der Waals surface area contributed by atoms with E-state index in [0.717, 1.165) is 34.8 Å². The zero-order valence-electron chi connectivity index (χ0n) is 10.1. The largest absolute Gasteiger partial charge is 0.486 e. The first-order chi connectivity index (χ1) is 8.27. The quantitative estimate of drug-likeness (QED) is 0.803. The molecule has 0 N–H and O–H groups in total. The van der Waals surface area contributed by atoms with E-state index in [1.165, 1.54) is 0 Å². The smallest absolute Gasteiger partial charge is 0.174 e. The standard InChI is InChI=1S/C13H15NO3/c1-3-10-11(15-5-4-14)8-9(2)12-13(10)17-7-6-16-12/h8H,3,5-7H2,1-2H3. The van der Waals surface area contributed by atoms with Gasteiger partial charge < -0.3 is 14.2 Å². The van der Waals surface area contributed by atoms with Crippen LogP contribution in [0, 0.1) is 18.3 Å². The van der Waals surface area contributed by atoms with Gasteiger partial charge in [-0.25, -0.2) is 0 Å². The molecule has 0 bridgehead atoms. The van der Waals surface area contributed by atoms with Crippen LogP contribution in [0.4, 0.5) is 0 Å². The monoisotopic (exact) mass is 233 g/mol. The van der Waals surface area contributed by atoms with Crippen LogP contribution in [0.5, 0.6) is 17.2 Å². The molecular weight excluding hydrogens is 218 g/mol. The van der Waals surface area contributed by atoms with Crippen LogP contribution in [0.3, 0.4) is 0 Å². The van der Waals surface area contributed by atoms with E-state index in [9.17, 15) is 0 Å². The highest BCUT2D eigenvalue weighted by molar-refractivity contribution is 5.58. The number of fused-ring (bicyclic) bond motifs is 1. The van der Waals surface area contributed by atoms with Crippen molar-refractivity contribution in [3.8, 4) is 23.3 Å². The Morgan fingerprint density at radius 1 is 1.35 bits per heavy atom. The number of ether oxygens (including phenoxy) is 3. The Morgan fingerprint density at radius 2 is 2.06 bits per heavy atom. The molecule has 0 unspecified atom stereocenters. The van der Waals surface area contributed by atoms with Crippen LogP contribution >= 0.6 is 0 Å². The molecule has 2 rings (SSSR count). The number of nitrogens with zero attached hydrogens (tertiary/aromatic N) is 1. The number of benzene rings is 1. The van der Waals surface area contributed by atoms with Crippen molar-refractivity contribution in [1.29, 1.82) is 5.26 Å². The second-order valence-corrected chi connectivity index (χ2v) is 3.83. The van der Waals surface area contributed by atoms with Crippen molar-refractivity contribution in [1.82, 2.24) is 0 Å². The molecule has 1 heterocycles. The van der Waals surface area contributed by atoms with Gasteiger partial charge in [-0.2, -0.15) is 5.26 Å². The van der Waals surface area contributed by atoms with Gasteiger partial charge in [0.15, 0.2) is 18.1 Å². The maximum absolute atomic E-state index is 8.57. The van der Waals surface area contributed by atoms with Gasteiger partial charge >= 0.3 is 0 Å². The van der Waals surface area contributed by atoms with Gasteiger partial charge in [-0.3, -0.25) is 0 Å². The van der Waals surface area contributed by atoms with E-state index in [1.807, 2.05) is 26.0 Å². The molecular formula is C13H15NO3. The molecule has 1 aromatic carbocycles. The predicted octanol–water partition coefficient (Wildman–Crippen LogP) is 2.23. The van der Waals surface area contributed by atoms with E-state index >= 15 is 0 Å². The third-order valence-electron chi connectivity index (χ3n) is 2.71. The van der Waals surface area contributed by atoms with Crippen molar-refractivity contribution in [2.45, 2.75) is 20.3 Å². The summed E-state index contributed by atoms with van der Waals surface area (Å²) in [6, 6.07) is 3.88. The molecule has 0 amide bonds. The SMILES string of the molecule is CCc1c(OCC#N)cc(C)c2c1OCCO2. The summed E-state index contributed by atoms with van der Waals surface area (Å²) >= 11 is 0. The highest BCUT2D eigenvalue weighted by Gasteiger charge is 2.21. The Morgan fingerprint density at radius 3 is 2.71 bits per heavy atom. The molecule has 1 aliphatic heterocycles. The van der Waals surface area contributed by atoms with Crippen molar-refractivity contribution in [2.75, 3.05) is 19.8 Å². The lowest BCUT2D eigenvalue weighted by atomic mass is 10.1. The van der Waals surface area contributed by atoms with E-state index in [-0.39, 0.29) is 6.61 Å². The Bertz CT molecular complexity index is 463. The first-order valence-corrected chi connectivity index (χ1v) is 5.69. The van der Waals surface area contributed by atoms with Crippen molar-refractivity contribution in [2.24, 2.45) is 0 Å². The molecule has 17 heavy (non-hydrogen) atoms. The van der Waals surface area contributed by atoms with Gasteiger partial charge in [-0.05, 0) is 25.0 Å². The van der Waals surface area contributed by atoms with E-state index in [2.05, 4.69) is 0 Å². The van der Waals surface area contributed by atoms with Gasteiger partial charge in [0.2, 0.25) is 0 Å². The van der Waals surface area contributed by atoms with E-state index in [4.69, 9.17) is 19.5 Å². The Hall–Kier alpha value is -1.89. The second-order valence-electron chi connectivity index (χ2n) is 3.83. The average molecular weight is 233 g/mol. The summed E-state index contributed by atoms with van der Waals surface area (Å²) in [5.41, 5.74) is 1.95. The fourth-order valence-electron chi connectivity index (χ4n) is 1.97. The fraction of sp³-hybridized carbons (Fsp3) is 0.462. The minimum atomic E-state index is 0.0477. The summed E-state index contributed by atoms with van der Waals surface area (Å²) in [7, 11) is 0. The van der Waals surface area contributed by atoms with Gasteiger partial charge in [0, 0.05) is 5.56 Å². The lowest BCUT2D eigenvalue weighted by molar-refractivity contribution is 0.167. The molecule has 0 saturated carbocycles. The van der Waals surface area contributed by atoms with Gasteiger partial charge in [-0.1, -0.05) is 6.92 Å². The number of aryl methyl sites for hydroxylation is 1. The van der Waals surface area contributed by atoms with Crippen LogP contribution in [-0.2, 0) is 6.42 Å². The van der Waals surface area contributed by atoms with Crippen molar-refractivity contribution in [3.63, 3.8) is 0 Å². The molecule has 0 atom stereocenters. The van der Waals surface area contributed by atoms with Crippen molar-refractivity contribution < 1.29 is 14.2 Å². The lowest BCUT2D eigenvalue weighted by Gasteiger charge is -2.24. The molecule has 1 aromatic rings. The van der Waals surface area contributed by atoms with Crippen LogP contribution in [0.15, 0.2) is 6.07 Å². The number of hydrogen-bond donors (Lipinski definition) is 0. The third-order valence-corrected chi connectivity index (χ3v) is 2.71. The van der Waals surface area contributed by atoms with E-state index < -0.39 is 0 Å². The van der Waals surface area contributed by atoms with Gasteiger partial charge in [0.25, 0.3) is 0 Å². The summed E-state index contributed by atoms with van der Waals surface area (Å²) in [5, 5.41) is 8.57. The minimum Gasteiger partial charge on any atom is -0.486 e. The number of nitriles is 1. The van der Waals surface area contributed by atoms with Crippen LogP contribution in [0.1, 0.15) is 18.1 Å². The summed E-state index contributed by atoms with van der Waals surface area (Å²) in [5.74, 6) is 2.29. The maximum Gasteiger partial charge on any atom is 0.174 e. The van der Waals surface area contributed by atoms with Crippen LogP contribution in [0.25, 0.3) is 0 Å². The zero-order valence-corrected chi connectivity index (χ0v) is 10.1. The molecule has 4 nitrogen and oxygen atoms in total. The second kappa shape index (κ2) is 4.96. The minimum absolute atomic E-state index is 0.0477. The first-order valence-electron chi connectivity index (χ1n) is 5.69. The van der Waals surface area contributed by atoms with Gasteiger partial charge in [0.05, 0.1) is 0 Å². The highest BCUT2D eigenvalue weighted by Crippen LogP contribution is 2.42. The lowest BCUT2D eigenvalue weighted by Crippen LogP contribution is -2.18. The molecule has 0 fully saturated rings. The summed E-state index contributed by atoms with van der Waals surface area (Å²) in [4.78, 5) is 0. The Labute approximate surface area is 101 Å². The molecule has 90 valence electrons. The first kappa shape index (κ1) is 11.6. The fourth-order valence-corrected chi connectivity index (χ4v) is 1.97. The summed E-state index contributed by atoms with van der Waals surface area (Å²) in [6.45, 7) is 5.16. The van der Waals surface area contributed by atoms with Crippen LogP contribution < -0.4 is 14.2 Å². The number of rotatable bonds is 3. The molecule has 0 spiro atoms. The third kappa shape index (κ3) is 2.14. The van der Waals surface area contributed by atoms with Crippen molar-refractivity contribution >= 4 is 0 Å². The zero-order chi connectivity index (χ0) is 12.3. The Balaban J connectivity index is 2.46. The normalized spacial score (nSPS) is 13.0. The average Bonchev–Trinajstić information content (AvgIpc) is 2.36. The van der Waals surface area contributed by atoms with Crippen LogP contribution in [0.2, 0.25) is 0 Å². The Kier molecular flexibility index (Phi) is 3.38. The van der Waals surface area contributed by atoms with Crippen molar-refractivity contribution in [3.05, 3.63) is 17.2 Å². The van der Waals surface area contributed by atoms with Crippen LogP contribution in [-0.4, -0.2) is 19.8 Å².